The molecule has 0 amide bonds. The van der Waals surface area contributed by atoms with Crippen LogP contribution in [0.1, 0.15) is 56.7 Å². The van der Waals surface area contributed by atoms with Crippen LogP contribution in [0.2, 0.25) is 0 Å². The van der Waals surface area contributed by atoms with Gasteiger partial charge in [-0.3, -0.25) is 0 Å². The van der Waals surface area contributed by atoms with Crippen LogP contribution in [-0.2, 0) is 4.75 Å². The fourth-order valence-electron chi connectivity index (χ4n) is 4.09. The summed E-state index contributed by atoms with van der Waals surface area (Å²) in [6, 6.07) is 33.1. The van der Waals surface area contributed by atoms with Gasteiger partial charge in [-0.1, -0.05) is 112 Å². The minimum absolute atomic E-state index is 0.200. The molecule has 0 nitrogen and oxygen atoms in total. The minimum atomic E-state index is -0.200. The topological polar surface area (TPSA) is 0 Å². The molecule has 0 aliphatic carbocycles. The first-order chi connectivity index (χ1) is 13.7. The molecule has 28 heavy (non-hydrogen) atoms. The van der Waals surface area contributed by atoms with Gasteiger partial charge in [0.2, 0.25) is 0 Å². The molecule has 0 radical (unpaired) electrons. The van der Waals surface area contributed by atoms with Crippen molar-refractivity contribution in [2.45, 2.75) is 44.8 Å². The standard InChI is InChI=1S/C27H32S/c1-4-26(5-2,6-3)22-28-27(23-16-10-7-11-17-23,24-18-12-8-13-19-24)25-20-14-9-15-21-25/h7-21H,4-6,22H2,1-3H3. The highest BCUT2D eigenvalue weighted by Crippen LogP contribution is 2.51. The third-order valence-corrected chi connectivity index (χ3v) is 8.28. The van der Waals surface area contributed by atoms with E-state index in [9.17, 15) is 0 Å². The summed E-state index contributed by atoms with van der Waals surface area (Å²) < 4.78 is -0.200. The Bertz CT molecular complexity index is 715. The van der Waals surface area contributed by atoms with Gasteiger partial charge in [-0.2, -0.15) is 0 Å². The molecule has 3 aromatic rings. The van der Waals surface area contributed by atoms with Gasteiger partial charge in [0, 0.05) is 5.75 Å². The van der Waals surface area contributed by atoms with Gasteiger partial charge in [0.05, 0.1) is 4.75 Å². The number of hydrogen-bond acceptors (Lipinski definition) is 1. The van der Waals surface area contributed by atoms with E-state index in [1.165, 1.54) is 36.0 Å². The maximum Gasteiger partial charge on any atom is 0.0907 e. The van der Waals surface area contributed by atoms with E-state index in [1.807, 2.05) is 0 Å². The lowest BCUT2D eigenvalue weighted by Gasteiger charge is -2.39. The van der Waals surface area contributed by atoms with E-state index >= 15 is 0 Å². The Hall–Kier alpha value is -1.99. The molecule has 0 heterocycles. The molecule has 0 aliphatic rings. The zero-order valence-electron chi connectivity index (χ0n) is 17.4. The summed E-state index contributed by atoms with van der Waals surface area (Å²) in [6.45, 7) is 7.05. The number of hydrogen-bond donors (Lipinski definition) is 0. The molecular weight excluding hydrogens is 356 g/mol. The van der Waals surface area contributed by atoms with Crippen molar-refractivity contribution in [1.82, 2.24) is 0 Å². The molecule has 3 rings (SSSR count). The summed E-state index contributed by atoms with van der Waals surface area (Å²) in [5.74, 6) is 1.15. The lowest BCUT2D eigenvalue weighted by Crippen LogP contribution is -2.30. The third-order valence-electron chi connectivity index (χ3n) is 6.39. The SMILES string of the molecule is CCC(CC)(CC)CSC(c1ccccc1)(c1ccccc1)c1ccccc1. The van der Waals surface area contributed by atoms with Crippen LogP contribution in [0, 0.1) is 5.41 Å². The van der Waals surface area contributed by atoms with Gasteiger partial charge in [0.15, 0.2) is 0 Å². The van der Waals surface area contributed by atoms with Crippen LogP contribution in [0.4, 0.5) is 0 Å². The first-order valence-electron chi connectivity index (χ1n) is 10.5. The highest BCUT2D eigenvalue weighted by Gasteiger charge is 2.39. The Morgan fingerprint density at radius 1 is 0.536 bits per heavy atom. The van der Waals surface area contributed by atoms with E-state index in [2.05, 4.69) is 124 Å². The van der Waals surface area contributed by atoms with Crippen molar-refractivity contribution in [3.63, 3.8) is 0 Å². The van der Waals surface area contributed by atoms with E-state index in [0.717, 1.165) is 5.75 Å². The maximum atomic E-state index is 2.35. The zero-order chi connectivity index (χ0) is 19.9. The van der Waals surface area contributed by atoms with Gasteiger partial charge in [-0.05, 0) is 41.4 Å². The Kier molecular flexibility index (Phi) is 7.02. The third kappa shape index (κ3) is 4.05. The van der Waals surface area contributed by atoms with E-state index in [0.29, 0.717) is 5.41 Å². The van der Waals surface area contributed by atoms with Crippen molar-refractivity contribution in [2.75, 3.05) is 5.75 Å². The first kappa shape index (κ1) is 20.7. The summed E-state index contributed by atoms with van der Waals surface area (Å²) in [7, 11) is 0. The second-order valence-electron chi connectivity index (χ2n) is 7.63. The quantitative estimate of drug-likeness (QED) is 0.335. The highest BCUT2D eigenvalue weighted by molar-refractivity contribution is 8.00. The van der Waals surface area contributed by atoms with Crippen molar-refractivity contribution in [3.8, 4) is 0 Å². The predicted molar refractivity (Wildman–Crippen MR) is 125 cm³/mol. The van der Waals surface area contributed by atoms with Gasteiger partial charge in [0.1, 0.15) is 0 Å². The van der Waals surface area contributed by atoms with E-state index < -0.39 is 0 Å². The average Bonchev–Trinajstić information content (AvgIpc) is 2.79. The minimum Gasteiger partial charge on any atom is -0.140 e. The van der Waals surface area contributed by atoms with Crippen molar-refractivity contribution in [2.24, 2.45) is 5.41 Å². The normalized spacial score (nSPS) is 12.1. The van der Waals surface area contributed by atoms with Crippen LogP contribution in [-0.4, -0.2) is 5.75 Å². The Labute approximate surface area is 175 Å². The van der Waals surface area contributed by atoms with E-state index in [4.69, 9.17) is 0 Å². The monoisotopic (exact) mass is 388 g/mol. The largest absolute Gasteiger partial charge is 0.140 e. The van der Waals surface area contributed by atoms with E-state index in [-0.39, 0.29) is 4.75 Å². The molecule has 0 saturated carbocycles. The lowest BCUT2D eigenvalue weighted by molar-refractivity contribution is 0.294. The Morgan fingerprint density at radius 2 is 0.857 bits per heavy atom. The van der Waals surface area contributed by atoms with Gasteiger partial charge in [-0.25, -0.2) is 0 Å². The second kappa shape index (κ2) is 9.47. The van der Waals surface area contributed by atoms with Crippen LogP contribution in [0.3, 0.4) is 0 Å². The van der Waals surface area contributed by atoms with Crippen molar-refractivity contribution in [1.29, 1.82) is 0 Å². The van der Waals surface area contributed by atoms with Gasteiger partial charge in [0.25, 0.3) is 0 Å². The molecule has 0 aromatic heterocycles. The smallest absolute Gasteiger partial charge is 0.0907 e. The van der Waals surface area contributed by atoms with Gasteiger partial charge >= 0.3 is 0 Å². The molecule has 0 aliphatic heterocycles. The van der Waals surface area contributed by atoms with Gasteiger partial charge < -0.3 is 0 Å². The predicted octanol–water partition coefficient (Wildman–Crippen LogP) is 7.93. The van der Waals surface area contributed by atoms with Crippen LogP contribution in [0.15, 0.2) is 91.0 Å². The Balaban J connectivity index is 2.19. The molecule has 0 spiro atoms. The molecular formula is C27H32S. The Morgan fingerprint density at radius 3 is 1.14 bits per heavy atom. The fraction of sp³-hybridized carbons (Fsp3) is 0.333. The molecule has 0 unspecified atom stereocenters. The molecule has 0 saturated heterocycles. The lowest BCUT2D eigenvalue weighted by atomic mass is 9.82. The second-order valence-corrected chi connectivity index (χ2v) is 8.82. The van der Waals surface area contributed by atoms with Crippen molar-refractivity contribution < 1.29 is 0 Å². The van der Waals surface area contributed by atoms with Crippen LogP contribution < -0.4 is 0 Å². The van der Waals surface area contributed by atoms with E-state index in [1.54, 1.807) is 0 Å². The number of benzene rings is 3. The first-order valence-corrected chi connectivity index (χ1v) is 11.5. The van der Waals surface area contributed by atoms with Gasteiger partial charge in [-0.15, -0.1) is 11.8 Å². The molecule has 0 bridgehead atoms. The molecule has 1 heteroatoms. The maximum absolute atomic E-state index is 2.35. The fourth-order valence-corrected chi connectivity index (χ4v) is 6.13. The van der Waals surface area contributed by atoms with Crippen molar-refractivity contribution in [3.05, 3.63) is 108 Å². The zero-order valence-corrected chi connectivity index (χ0v) is 18.2. The average molecular weight is 389 g/mol. The summed E-state index contributed by atoms with van der Waals surface area (Å²) in [5, 5.41) is 0. The number of thioether (sulfide) groups is 1. The molecule has 0 fully saturated rings. The molecule has 3 aromatic carbocycles. The molecule has 0 atom stereocenters. The van der Waals surface area contributed by atoms with Crippen LogP contribution in [0.5, 0.6) is 0 Å². The summed E-state index contributed by atoms with van der Waals surface area (Å²) in [5.41, 5.74) is 4.45. The molecule has 0 N–H and O–H groups in total. The highest BCUT2D eigenvalue weighted by atomic mass is 32.2. The summed E-state index contributed by atoms with van der Waals surface area (Å²) in [6.07, 6.45) is 3.67. The van der Waals surface area contributed by atoms with Crippen molar-refractivity contribution >= 4 is 11.8 Å². The summed E-state index contributed by atoms with van der Waals surface area (Å²) >= 11 is 2.11. The van der Waals surface area contributed by atoms with Crippen LogP contribution >= 0.6 is 11.8 Å². The molecule has 146 valence electrons. The summed E-state index contributed by atoms with van der Waals surface area (Å²) in [4.78, 5) is 0. The number of rotatable bonds is 9. The van der Waals surface area contributed by atoms with Crippen LogP contribution in [0.25, 0.3) is 0 Å².